The molecule has 0 unspecified atom stereocenters. The number of halogens is 3. The molecule has 0 amide bonds. The fourth-order valence-corrected chi connectivity index (χ4v) is 18.1. The number of nitrogens with zero attached hydrogens (tertiary/aromatic N) is 2. The first-order valence-corrected chi connectivity index (χ1v) is 41.4. The van der Waals surface area contributed by atoms with Gasteiger partial charge in [-0.1, -0.05) is 281 Å². The van der Waals surface area contributed by atoms with Crippen molar-refractivity contribution in [3.05, 3.63) is 318 Å². The maximum Gasteiger partial charge on any atom is -0.0134 e. The van der Waals surface area contributed by atoms with E-state index in [4.69, 9.17) is 28.4 Å². The molecule has 0 N–H and O–H groups in total. The quantitative estimate of drug-likeness (QED) is 0.0778. The number of hydrogen-bond acceptors (Lipinski definition) is 4. The Bertz CT molecular complexity index is 3990. The van der Waals surface area contributed by atoms with Gasteiger partial charge in [-0.2, -0.15) is 0 Å². The fourth-order valence-electron chi connectivity index (χ4n) is 13.0. The minimum absolute atomic E-state index is 0.106. The van der Waals surface area contributed by atoms with Crippen LogP contribution in [0, 0.1) is 13.8 Å². The van der Waals surface area contributed by atoms with E-state index in [2.05, 4.69) is 327 Å². The summed E-state index contributed by atoms with van der Waals surface area (Å²) in [6, 6.07) is 99.8. The van der Waals surface area contributed by atoms with Crippen molar-refractivity contribution in [1.29, 1.82) is 0 Å². The second-order valence-electron chi connectivity index (χ2n) is 26.0. The monoisotopic (exact) mass is 1510 g/mol. The maximum absolute atomic E-state index is 6.32. The van der Waals surface area contributed by atoms with Crippen LogP contribution in [0.4, 0.5) is 0 Å². The number of aryl methyl sites for hydroxylation is 2. The van der Waals surface area contributed by atoms with E-state index in [0.717, 1.165) is 15.8 Å². The normalized spacial score (nSPS) is 14.9. The number of pyridine rings is 2. The zero-order chi connectivity index (χ0) is 67.8. The van der Waals surface area contributed by atoms with Gasteiger partial charge in [0.25, 0.3) is 0 Å². The number of fused-ring (bicyclic) bond motifs is 2. The van der Waals surface area contributed by atoms with Gasteiger partial charge in [-0.05, 0) is 228 Å². The van der Waals surface area contributed by atoms with Crippen molar-refractivity contribution in [1.82, 2.24) is 9.97 Å². The van der Waals surface area contributed by atoms with Crippen LogP contribution in [0.1, 0.15) is 126 Å². The molecule has 0 radical (unpaired) electrons. The molecule has 0 atom stereocenters. The summed E-state index contributed by atoms with van der Waals surface area (Å²) in [7, 11) is 8.46. The fraction of sp³-hybridized carbons (Fsp3) is 0.233. The van der Waals surface area contributed by atoms with Gasteiger partial charge >= 0.3 is 42.1 Å². The van der Waals surface area contributed by atoms with E-state index < -0.39 is 15.8 Å². The minimum atomic E-state index is -0.446. The summed E-state index contributed by atoms with van der Waals surface area (Å²) in [5, 5.41) is 13.9. The van der Waals surface area contributed by atoms with E-state index in [1.54, 1.807) is 6.20 Å². The molecule has 2 aromatic heterocycles. The molecule has 11 heteroatoms. The second kappa shape index (κ2) is 37.1. The van der Waals surface area contributed by atoms with Crippen LogP contribution in [0.3, 0.4) is 0 Å². The van der Waals surface area contributed by atoms with Gasteiger partial charge in [0.15, 0.2) is 0 Å². The number of rotatable bonds is 10. The SMILES string of the molecule is CC1(C)OB(c2cc(C3CCCCC3)c3ccccc3c2)OC1(C)C.Cc1ccnc(-c2cc(C3CCCCC3)c3ccccc3c2)c1.Cc1ccnc(Br)c1.[Cl][Pd][Cl].c1ccc(P(c2ccccc2)c2ccccc2)cc1.c1ccc(P(c2ccccc2)c2ccccc2)cc1. The van der Waals surface area contributed by atoms with Crippen LogP contribution < -0.4 is 37.3 Å². The molecule has 1 saturated heterocycles. The van der Waals surface area contributed by atoms with Gasteiger partial charge in [-0.3, -0.25) is 4.98 Å². The Hall–Kier alpha value is -6.41. The van der Waals surface area contributed by atoms with Crippen LogP contribution in [0.15, 0.2) is 296 Å². The van der Waals surface area contributed by atoms with E-state index in [-0.39, 0.29) is 34.3 Å². The molecule has 4 nitrogen and oxygen atoms in total. The Kier molecular flexibility index (Phi) is 28.1. The zero-order valence-electron chi connectivity index (χ0n) is 56.6. The molecule has 97 heavy (non-hydrogen) atoms. The predicted molar refractivity (Wildman–Crippen MR) is 422 cm³/mol. The average Bonchev–Trinajstić information content (AvgIpc) is 1.71. The molecule has 0 bridgehead atoms. The van der Waals surface area contributed by atoms with E-state index in [0.29, 0.717) is 11.8 Å². The number of aromatic nitrogens is 2. The van der Waals surface area contributed by atoms with Crippen molar-refractivity contribution >= 4 is 117 Å². The van der Waals surface area contributed by atoms with Gasteiger partial charge in [0.05, 0.1) is 16.9 Å². The van der Waals surface area contributed by atoms with Crippen LogP contribution in [0.5, 0.6) is 0 Å². The van der Waals surface area contributed by atoms with E-state index >= 15 is 0 Å². The average molecular weight is 1510 g/mol. The van der Waals surface area contributed by atoms with E-state index in [1.165, 1.54) is 145 Å². The molecule has 2 saturated carbocycles. The third-order valence-electron chi connectivity index (χ3n) is 18.6. The molecule has 0 spiro atoms. The zero-order valence-corrected chi connectivity index (χ0v) is 63.0. The van der Waals surface area contributed by atoms with Crippen LogP contribution in [-0.2, 0) is 25.2 Å². The summed E-state index contributed by atoms with van der Waals surface area (Å²) >= 11 is 3.15. The summed E-state index contributed by atoms with van der Waals surface area (Å²) in [6.07, 6.45) is 17.2. The molecule has 2 aliphatic carbocycles. The van der Waals surface area contributed by atoms with Crippen molar-refractivity contribution in [3.63, 3.8) is 0 Å². The molecule has 3 heterocycles. The Morgan fingerprint density at radius 2 is 0.732 bits per heavy atom. The van der Waals surface area contributed by atoms with Gasteiger partial charge in [-0.15, -0.1) is 0 Å². The van der Waals surface area contributed by atoms with Gasteiger partial charge in [0.1, 0.15) is 4.60 Å². The first-order valence-electron chi connectivity index (χ1n) is 33.9. The predicted octanol–water partition coefficient (Wildman–Crippen LogP) is 21.9. The van der Waals surface area contributed by atoms with Gasteiger partial charge < -0.3 is 9.31 Å². The van der Waals surface area contributed by atoms with E-state index in [9.17, 15) is 0 Å². The Morgan fingerprint density at radius 1 is 0.402 bits per heavy atom. The molecule has 12 aromatic rings. The first kappa shape index (κ1) is 73.3. The third-order valence-corrected chi connectivity index (χ3v) is 23.9. The molecule has 3 fully saturated rings. The summed E-state index contributed by atoms with van der Waals surface area (Å²) in [5.41, 5.74) is 8.43. The van der Waals surface area contributed by atoms with Crippen LogP contribution in [0.25, 0.3) is 32.8 Å². The van der Waals surface area contributed by atoms with Crippen molar-refractivity contribution in [2.45, 2.75) is 129 Å². The standard InChI is InChI=1S/C22H29BO2.C22H23N.2C18H15P.C6H6BrN.2ClH.Pd/c1-21(2)22(3,4)25-23(24-21)18-14-17-12-8-9-13-19(17)20(15-18)16-10-6-5-7-11-16;1-16-11-12-23-22(13-16)19-14-18-9-5-6-10-20(18)21(15-19)17-7-3-2-4-8-17;2*1-4-10-16(11-5-1)19(17-12-6-2-7-13-17)18-14-8-3-9-15-18;1-5-2-3-8-6(7)4-5;;;/h8-9,12-16H,5-7,10-11H2,1-4H3;5-6,9-15,17H,2-4,7-8H2,1H3;2*1-15H;2-4H,1H3;2*1H;/q;;;;;;;+2/p-2. The Balaban J connectivity index is 0.000000134. The molecule has 15 rings (SSSR count). The third kappa shape index (κ3) is 20.6. The smallest absolute Gasteiger partial charge is 0.0134 e. The Labute approximate surface area is 605 Å². The van der Waals surface area contributed by atoms with Crippen LogP contribution >= 0.6 is 50.8 Å². The van der Waals surface area contributed by atoms with Crippen LogP contribution in [-0.4, -0.2) is 28.3 Å². The molecule has 498 valence electrons. The molecule has 10 aromatic carbocycles. The van der Waals surface area contributed by atoms with Crippen LogP contribution in [0.2, 0.25) is 0 Å². The summed E-state index contributed by atoms with van der Waals surface area (Å²) in [6.45, 7) is 12.7. The summed E-state index contributed by atoms with van der Waals surface area (Å²) in [4.78, 5) is 8.56. The van der Waals surface area contributed by atoms with Crippen molar-refractivity contribution < 1.29 is 25.2 Å². The van der Waals surface area contributed by atoms with Gasteiger partial charge in [0, 0.05) is 18.0 Å². The first-order chi connectivity index (χ1) is 47.3. The van der Waals surface area contributed by atoms with Gasteiger partial charge in [0.2, 0.25) is 0 Å². The molecular formula is C86H88BBrCl2N2O2P2Pd. The molecule has 1 aliphatic heterocycles. The summed E-state index contributed by atoms with van der Waals surface area (Å²) in [5.74, 6) is 1.37. The van der Waals surface area contributed by atoms with Crippen molar-refractivity contribution in [2.75, 3.05) is 0 Å². The van der Waals surface area contributed by atoms with Gasteiger partial charge in [-0.25, -0.2) is 4.98 Å². The topological polar surface area (TPSA) is 44.2 Å². The maximum atomic E-state index is 6.32. The molecule has 3 aliphatic rings. The minimum Gasteiger partial charge on any atom is -0.0622 e. The van der Waals surface area contributed by atoms with E-state index in [1.807, 2.05) is 25.3 Å². The summed E-state index contributed by atoms with van der Waals surface area (Å²) < 4.78 is 13.5. The Morgan fingerprint density at radius 3 is 1.08 bits per heavy atom. The number of hydrogen-bond donors (Lipinski definition) is 0. The largest absolute Gasteiger partial charge is 0.0622 e. The second-order valence-corrected chi connectivity index (χ2v) is 33.6. The molecular weight excluding hydrogens is 1420 g/mol. The van der Waals surface area contributed by atoms with Crippen molar-refractivity contribution in [2.24, 2.45) is 0 Å². The number of benzene rings is 10. The van der Waals surface area contributed by atoms with Crippen molar-refractivity contribution in [3.8, 4) is 11.3 Å².